The van der Waals surface area contributed by atoms with Crippen molar-refractivity contribution in [2.24, 2.45) is 11.8 Å². The number of hydrogen-bond donors (Lipinski definition) is 1. The number of anilines is 1. The van der Waals surface area contributed by atoms with Crippen LogP contribution in [-0.4, -0.2) is 47.3 Å². The van der Waals surface area contributed by atoms with E-state index in [0.717, 1.165) is 54.3 Å². The van der Waals surface area contributed by atoms with Gasteiger partial charge in [0.1, 0.15) is 12.4 Å². The van der Waals surface area contributed by atoms with Gasteiger partial charge in [-0.25, -0.2) is 9.78 Å². The number of carbonyl (C=O) groups is 1. The van der Waals surface area contributed by atoms with Gasteiger partial charge >= 0.3 is 5.97 Å². The highest BCUT2D eigenvalue weighted by atomic mass is 16.5. The van der Waals surface area contributed by atoms with E-state index in [1.165, 1.54) is 0 Å². The zero-order valence-electron chi connectivity index (χ0n) is 20.4. The maximum atomic E-state index is 10.6. The average Bonchev–Trinajstić information content (AvgIpc) is 2.85. The van der Waals surface area contributed by atoms with Crippen molar-refractivity contribution in [3.63, 3.8) is 0 Å². The van der Waals surface area contributed by atoms with Gasteiger partial charge in [-0.1, -0.05) is 81.4 Å². The maximum Gasteiger partial charge on any atom is 0.329 e. The Kier molecular flexibility index (Phi) is 9.59. The molecular weight excluding hydrogens is 426 g/mol. The fourth-order valence-corrected chi connectivity index (χ4v) is 3.66. The Hall–Kier alpha value is -3.25. The molecule has 0 aliphatic carbocycles. The molecule has 6 heteroatoms. The number of ether oxygens (including phenoxy) is 1. The van der Waals surface area contributed by atoms with E-state index >= 15 is 0 Å². The summed E-state index contributed by atoms with van der Waals surface area (Å²) in [5.41, 5.74) is 3.82. The number of carboxylic acids is 1. The van der Waals surface area contributed by atoms with E-state index in [1.807, 2.05) is 42.6 Å². The summed E-state index contributed by atoms with van der Waals surface area (Å²) >= 11 is 0. The van der Waals surface area contributed by atoms with Crippen LogP contribution in [0.4, 0.5) is 5.82 Å². The fraction of sp³-hybridized carbons (Fsp3) is 0.393. The first-order chi connectivity index (χ1) is 16.5. The Balaban J connectivity index is 1.87. The summed E-state index contributed by atoms with van der Waals surface area (Å²) in [5, 5.41) is 8.73. The first kappa shape index (κ1) is 25.4. The predicted molar refractivity (Wildman–Crippen MR) is 137 cm³/mol. The lowest BCUT2D eigenvalue weighted by Crippen LogP contribution is -2.32. The van der Waals surface area contributed by atoms with Gasteiger partial charge < -0.3 is 14.7 Å². The van der Waals surface area contributed by atoms with Crippen molar-refractivity contribution in [3.8, 4) is 22.5 Å². The number of aliphatic carboxylic acids is 1. The molecule has 1 heterocycles. The summed E-state index contributed by atoms with van der Waals surface area (Å²) in [6.07, 6.45) is 3.55. The highest BCUT2D eigenvalue weighted by molar-refractivity contribution is 5.78. The van der Waals surface area contributed by atoms with Crippen LogP contribution in [0, 0.1) is 11.8 Å². The second-order valence-electron chi connectivity index (χ2n) is 8.98. The van der Waals surface area contributed by atoms with Crippen LogP contribution < -0.4 is 4.90 Å². The molecule has 1 unspecified atom stereocenters. The van der Waals surface area contributed by atoms with E-state index in [9.17, 15) is 4.79 Å². The normalized spacial score (nSPS) is 12.0. The summed E-state index contributed by atoms with van der Waals surface area (Å²) in [5.74, 6) is 0.956. The molecule has 0 amide bonds. The Labute approximate surface area is 202 Å². The van der Waals surface area contributed by atoms with Gasteiger partial charge in [0.2, 0.25) is 0 Å². The second kappa shape index (κ2) is 12.8. The van der Waals surface area contributed by atoms with E-state index in [1.54, 1.807) is 0 Å². The van der Waals surface area contributed by atoms with E-state index < -0.39 is 5.97 Å². The molecule has 3 aromatic rings. The van der Waals surface area contributed by atoms with E-state index in [2.05, 4.69) is 49.9 Å². The van der Waals surface area contributed by atoms with Gasteiger partial charge in [-0.15, -0.1) is 0 Å². The third-order valence-electron chi connectivity index (χ3n) is 6.02. The molecule has 0 spiro atoms. The molecule has 6 nitrogen and oxygen atoms in total. The number of rotatable bonds is 13. The summed E-state index contributed by atoms with van der Waals surface area (Å²) in [6, 6.07) is 20.3. The van der Waals surface area contributed by atoms with Crippen molar-refractivity contribution in [3.05, 3.63) is 66.9 Å². The monoisotopic (exact) mass is 461 g/mol. The van der Waals surface area contributed by atoms with Crippen molar-refractivity contribution in [1.29, 1.82) is 0 Å². The molecule has 3 rings (SSSR count). The summed E-state index contributed by atoms with van der Waals surface area (Å²) in [7, 11) is 0. The molecule has 0 aliphatic heterocycles. The molecule has 0 bridgehead atoms. The number of unbranched alkanes of at least 4 members (excludes halogenated alkanes) is 1. The quantitative estimate of drug-likeness (QED) is 0.325. The maximum absolute atomic E-state index is 10.6. The number of benzene rings is 2. The van der Waals surface area contributed by atoms with E-state index in [4.69, 9.17) is 19.8 Å². The standard InChI is InChI=1S/C28H35N3O3/c1-21(2)22(3)19-31(16-10-11-17-34-20-26(32)33)25-18-29-27(23-12-6-4-7-13-23)28(30-25)24-14-8-5-9-15-24/h4-9,12-15,18,21-22H,10-11,16-17,19-20H2,1-3H3,(H,32,33). The minimum atomic E-state index is -0.936. The van der Waals surface area contributed by atoms with Crippen LogP contribution in [0.1, 0.15) is 33.6 Å². The van der Waals surface area contributed by atoms with Crippen molar-refractivity contribution in [1.82, 2.24) is 9.97 Å². The van der Waals surface area contributed by atoms with E-state index in [0.29, 0.717) is 18.4 Å². The van der Waals surface area contributed by atoms with Gasteiger partial charge in [-0.2, -0.15) is 0 Å². The second-order valence-corrected chi connectivity index (χ2v) is 8.98. The Morgan fingerprint density at radius 3 is 2.15 bits per heavy atom. The number of hydrogen-bond acceptors (Lipinski definition) is 5. The smallest absolute Gasteiger partial charge is 0.329 e. The van der Waals surface area contributed by atoms with Gasteiger partial charge in [0, 0.05) is 30.8 Å². The van der Waals surface area contributed by atoms with Crippen molar-refractivity contribution >= 4 is 11.8 Å². The third kappa shape index (κ3) is 7.39. The van der Waals surface area contributed by atoms with Crippen molar-refractivity contribution < 1.29 is 14.6 Å². The van der Waals surface area contributed by atoms with Crippen LogP contribution in [-0.2, 0) is 9.53 Å². The average molecular weight is 462 g/mol. The Bertz CT molecular complexity index is 1030. The molecule has 0 fully saturated rings. The van der Waals surface area contributed by atoms with Crippen LogP contribution >= 0.6 is 0 Å². The number of nitrogens with zero attached hydrogens (tertiary/aromatic N) is 3. The first-order valence-corrected chi connectivity index (χ1v) is 12.0. The predicted octanol–water partition coefficient (Wildman–Crippen LogP) is 5.79. The van der Waals surface area contributed by atoms with Gasteiger partial charge in [0.05, 0.1) is 17.6 Å². The van der Waals surface area contributed by atoms with Crippen molar-refractivity contribution in [2.45, 2.75) is 33.6 Å². The molecule has 0 saturated carbocycles. The third-order valence-corrected chi connectivity index (χ3v) is 6.02. The SMILES string of the molecule is CC(C)C(C)CN(CCCCOCC(=O)O)c1cnc(-c2ccccc2)c(-c2ccccc2)n1. The van der Waals surface area contributed by atoms with E-state index in [-0.39, 0.29) is 6.61 Å². The van der Waals surface area contributed by atoms with Gasteiger partial charge in [0.15, 0.2) is 0 Å². The minimum absolute atomic E-state index is 0.249. The van der Waals surface area contributed by atoms with Crippen LogP contribution in [0.25, 0.3) is 22.5 Å². The Morgan fingerprint density at radius 2 is 1.56 bits per heavy atom. The first-order valence-electron chi connectivity index (χ1n) is 12.0. The largest absolute Gasteiger partial charge is 0.480 e. The number of aromatic nitrogens is 2. The van der Waals surface area contributed by atoms with Crippen LogP contribution in [0.15, 0.2) is 66.9 Å². The topological polar surface area (TPSA) is 75.5 Å². The minimum Gasteiger partial charge on any atom is -0.480 e. The molecule has 1 atom stereocenters. The lowest BCUT2D eigenvalue weighted by Gasteiger charge is -2.29. The lowest BCUT2D eigenvalue weighted by atomic mass is 9.97. The summed E-state index contributed by atoms with van der Waals surface area (Å²) in [6.45, 7) is 8.61. The van der Waals surface area contributed by atoms with Crippen molar-refractivity contribution in [2.75, 3.05) is 31.2 Å². The van der Waals surface area contributed by atoms with Gasteiger partial charge in [-0.3, -0.25) is 4.98 Å². The van der Waals surface area contributed by atoms with Crippen LogP contribution in [0.5, 0.6) is 0 Å². The molecule has 0 saturated heterocycles. The molecule has 34 heavy (non-hydrogen) atoms. The molecule has 2 aromatic carbocycles. The lowest BCUT2D eigenvalue weighted by molar-refractivity contribution is -0.142. The molecule has 1 N–H and O–H groups in total. The zero-order valence-corrected chi connectivity index (χ0v) is 20.4. The fourth-order valence-electron chi connectivity index (χ4n) is 3.66. The summed E-state index contributed by atoms with van der Waals surface area (Å²) in [4.78, 5) is 22.9. The van der Waals surface area contributed by atoms with Crippen LogP contribution in [0.2, 0.25) is 0 Å². The molecule has 0 aliphatic rings. The molecule has 0 radical (unpaired) electrons. The molecule has 1 aromatic heterocycles. The number of carboxylic acid groups (broad SMARTS) is 1. The zero-order chi connectivity index (χ0) is 24.3. The van der Waals surface area contributed by atoms with Gasteiger partial charge in [-0.05, 0) is 24.7 Å². The molecule has 180 valence electrons. The molecular formula is C28H35N3O3. The Morgan fingerprint density at radius 1 is 0.941 bits per heavy atom. The highest BCUT2D eigenvalue weighted by Crippen LogP contribution is 2.31. The summed E-state index contributed by atoms with van der Waals surface area (Å²) < 4.78 is 5.20. The highest BCUT2D eigenvalue weighted by Gasteiger charge is 2.18. The van der Waals surface area contributed by atoms with Crippen LogP contribution in [0.3, 0.4) is 0 Å². The van der Waals surface area contributed by atoms with Gasteiger partial charge in [0.25, 0.3) is 0 Å².